The Labute approximate surface area is 191 Å². The monoisotopic (exact) mass is 431 g/mol. The summed E-state index contributed by atoms with van der Waals surface area (Å²) in [6.07, 6.45) is 22.7. The minimum atomic E-state index is -0.259. The maximum Gasteiger partial charge on any atom is 0.333 e. The Kier molecular flexibility index (Phi) is 15.6. The first kappa shape index (κ1) is 27.2. The van der Waals surface area contributed by atoms with Crippen LogP contribution in [-0.4, -0.2) is 26.7 Å². The Morgan fingerprint density at radius 2 is 1.23 bits per heavy atom. The number of aromatic nitrogens is 1. The van der Waals surface area contributed by atoms with E-state index in [4.69, 9.17) is 4.74 Å². The summed E-state index contributed by atoms with van der Waals surface area (Å²) in [6, 6.07) is 4.37. The highest BCUT2D eigenvalue weighted by atomic mass is 16.5. The van der Waals surface area contributed by atoms with Gasteiger partial charge in [-0.3, -0.25) is 0 Å². The van der Waals surface area contributed by atoms with Gasteiger partial charge in [0.15, 0.2) is 12.4 Å². The number of ether oxygens (including phenoxy) is 1. The lowest BCUT2D eigenvalue weighted by atomic mass is 10.0. The van der Waals surface area contributed by atoms with Gasteiger partial charge in [-0.2, -0.15) is 0 Å². The molecule has 0 saturated carbocycles. The maximum absolute atomic E-state index is 11.2. The van der Waals surface area contributed by atoms with Crippen molar-refractivity contribution in [3.05, 3.63) is 36.7 Å². The van der Waals surface area contributed by atoms with E-state index in [0.29, 0.717) is 12.2 Å². The molecule has 0 amide bonds. The molecular formula is C27H47N2O2+. The molecule has 176 valence electrons. The quantitative estimate of drug-likeness (QED) is 0.107. The van der Waals surface area contributed by atoms with Gasteiger partial charge in [0.2, 0.25) is 0 Å². The number of pyridine rings is 1. The second-order valence-electron chi connectivity index (χ2n) is 9.05. The summed E-state index contributed by atoms with van der Waals surface area (Å²) >= 11 is 0. The first-order valence-corrected chi connectivity index (χ1v) is 12.5. The van der Waals surface area contributed by atoms with Crippen LogP contribution in [0.25, 0.3) is 0 Å². The Balaban J connectivity index is 1.79. The summed E-state index contributed by atoms with van der Waals surface area (Å²) in [7, 11) is 4.16. The smallest absolute Gasteiger partial charge is 0.333 e. The molecular weight excluding hydrogens is 384 g/mol. The topological polar surface area (TPSA) is 33.4 Å². The fourth-order valence-corrected chi connectivity index (χ4v) is 3.70. The third kappa shape index (κ3) is 14.7. The van der Waals surface area contributed by atoms with Crippen molar-refractivity contribution in [1.29, 1.82) is 0 Å². The third-order valence-corrected chi connectivity index (χ3v) is 5.78. The molecule has 0 atom stereocenters. The van der Waals surface area contributed by atoms with Crippen molar-refractivity contribution in [3.8, 4) is 0 Å². The van der Waals surface area contributed by atoms with Gasteiger partial charge in [-0.1, -0.05) is 77.2 Å². The van der Waals surface area contributed by atoms with E-state index in [1.54, 1.807) is 6.92 Å². The summed E-state index contributed by atoms with van der Waals surface area (Å²) in [5.41, 5.74) is 1.75. The summed E-state index contributed by atoms with van der Waals surface area (Å²) in [4.78, 5) is 13.4. The molecule has 0 unspecified atom stereocenters. The fourth-order valence-electron chi connectivity index (χ4n) is 3.70. The highest BCUT2D eigenvalue weighted by Gasteiger charge is 2.03. The Bertz CT molecular complexity index is 596. The van der Waals surface area contributed by atoms with E-state index < -0.39 is 0 Å². The molecule has 1 rings (SSSR count). The second kappa shape index (κ2) is 17.8. The largest absolute Gasteiger partial charge is 0.462 e. The van der Waals surface area contributed by atoms with E-state index in [2.05, 4.69) is 54.7 Å². The Morgan fingerprint density at radius 3 is 1.65 bits per heavy atom. The zero-order valence-corrected chi connectivity index (χ0v) is 20.5. The van der Waals surface area contributed by atoms with Crippen LogP contribution >= 0.6 is 0 Å². The van der Waals surface area contributed by atoms with Crippen LogP contribution in [-0.2, 0) is 16.1 Å². The molecule has 1 aromatic rings. The summed E-state index contributed by atoms with van der Waals surface area (Å²) in [5.74, 6) is -0.259. The molecule has 4 nitrogen and oxygen atoms in total. The molecule has 0 aliphatic heterocycles. The van der Waals surface area contributed by atoms with Crippen molar-refractivity contribution in [3.63, 3.8) is 0 Å². The molecule has 0 aliphatic rings. The number of esters is 1. The van der Waals surface area contributed by atoms with Crippen molar-refractivity contribution in [2.75, 3.05) is 25.6 Å². The maximum atomic E-state index is 11.2. The average molecular weight is 432 g/mol. The number of hydrogen-bond acceptors (Lipinski definition) is 3. The second-order valence-corrected chi connectivity index (χ2v) is 9.05. The minimum Gasteiger partial charge on any atom is -0.462 e. The SMILES string of the molecule is C=C(C)C(=O)OCCCCCCCCCCCCCCCC[n+]1ccc(N(C)C)cc1. The van der Waals surface area contributed by atoms with Crippen LogP contribution < -0.4 is 9.47 Å². The Hall–Kier alpha value is -1.84. The number of aryl methyl sites for hydroxylation is 1. The number of carbonyl (C=O) groups is 1. The molecule has 1 aromatic heterocycles. The van der Waals surface area contributed by atoms with Crippen molar-refractivity contribution >= 4 is 11.7 Å². The number of hydrogen-bond donors (Lipinski definition) is 0. The first-order chi connectivity index (χ1) is 15.0. The van der Waals surface area contributed by atoms with Crippen molar-refractivity contribution in [1.82, 2.24) is 0 Å². The minimum absolute atomic E-state index is 0.259. The van der Waals surface area contributed by atoms with Crippen molar-refractivity contribution in [2.24, 2.45) is 0 Å². The molecule has 0 saturated heterocycles. The van der Waals surface area contributed by atoms with Gasteiger partial charge >= 0.3 is 5.97 Å². The zero-order chi connectivity index (χ0) is 22.7. The van der Waals surface area contributed by atoms with Gasteiger partial charge in [0.05, 0.1) is 6.61 Å². The van der Waals surface area contributed by atoms with Crippen molar-refractivity contribution < 1.29 is 14.1 Å². The van der Waals surface area contributed by atoms with Crippen LogP contribution in [0.3, 0.4) is 0 Å². The normalized spacial score (nSPS) is 10.8. The van der Waals surface area contributed by atoms with E-state index in [1.807, 2.05) is 0 Å². The molecule has 0 spiro atoms. The van der Waals surface area contributed by atoms with Gasteiger partial charge in [0, 0.05) is 43.9 Å². The molecule has 0 N–H and O–H groups in total. The number of anilines is 1. The van der Waals surface area contributed by atoms with Crippen LogP contribution in [0.1, 0.15) is 96.8 Å². The third-order valence-electron chi connectivity index (χ3n) is 5.78. The van der Waals surface area contributed by atoms with E-state index in [-0.39, 0.29) is 5.97 Å². The molecule has 4 heteroatoms. The molecule has 0 bridgehead atoms. The van der Waals surface area contributed by atoms with Gasteiger partial charge < -0.3 is 9.64 Å². The van der Waals surface area contributed by atoms with Gasteiger partial charge in [-0.25, -0.2) is 9.36 Å². The van der Waals surface area contributed by atoms with Gasteiger partial charge in [-0.05, 0) is 19.8 Å². The van der Waals surface area contributed by atoms with Crippen LogP contribution in [0.15, 0.2) is 36.7 Å². The van der Waals surface area contributed by atoms with Gasteiger partial charge in [-0.15, -0.1) is 0 Å². The number of unbranched alkanes of at least 4 members (excludes halogenated alkanes) is 13. The van der Waals surface area contributed by atoms with E-state index >= 15 is 0 Å². The molecule has 31 heavy (non-hydrogen) atoms. The lowest BCUT2D eigenvalue weighted by Crippen LogP contribution is -2.32. The summed E-state index contributed by atoms with van der Waals surface area (Å²) in [6.45, 7) is 6.95. The Morgan fingerprint density at radius 1 is 0.806 bits per heavy atom. The average Bonchev–Trinajstić information content (AvgIpc) is 2.75. The lowest BCUT2D eigenvalue weighted by molar-refractivity contribution is -0.697. The molecule has 0 fully saturated rings. The van der Waals surface area contributed by atoms with Crippen LogP contribution in [0.2, 0.25) is 0 Å². The summed E-state index contributed by atoms with van der Waals surface area (Å²) in [5, 5.41) is 0. The van der Waals surface area contributed by atoms with E-state index in [0.717, 1.165) is 19.4 Å². The predicted molar refractivity (Wildman–Crippen MR) is 131 cm³/mol. The number of carbonyl (C=O) groups excluding carboxylic acids is 1. The first-order valence-electron chi connectivity index (χ1n) is 12.5. The standard InChI is InChI=1S/C27H47N2O2/c1-25(2)27(30)31-24-18-16-14-12-10-8-6-5-7-9-11-13-15-17-21-29-22-19-26(20-23-29)28(3)4/h19-20,22-23H,1,5-18,21,24H2,2-4H3/q+1. The molecule has 1 heterocycles. The highest BCUT2D eigenvalue weighted by Crippen LogP contribution is 2.13. The molecule has 0 aromatic carbocycles. The van der Waals surface area contributed by atoms with Gasteiger partial charge in [0.1, 0.15) is 6.54 Å². The fraction of sp³-hybridized carbons (Fsp3) is 0.704. The highest BCUT2D eigenvalue weighted by molar-refractivity contribution is 5.86. The van der Waals surface area contributed by atoms with E-state index in [9.17, 15) is 4.79 Å². The van der Waals surface area contributed by atoms with Gasteiger partial charge in [0.25, 0.3) is 0 Å². The van der Waals surface area contributed by atoms with Crippen molar-refractivity contribution in [2.45, 2.75) is 103 Å². The lowest BCUT2D eigenvalue weighted by Gasteiger charge is -2.10. The predicted octanol–water partition coefficient (Wildman–Crippen LogP) is 6.62. The summed E-state index contributed by atoms with van der Waals surface area (Å²) < 4.78 is 7.40. The van der Waals surface area contributed by atoms with Crippen LogP contribution in [0.5, 0.6) is 0 Å². The number of nitrogens with zero attached hydrogens (tertiary/aromatic N) is 2. The molecule has 0 radical (unpaired) electrons. The van der Waals surface area contributed by atoms with Crippen LogP contribution in [0, 0.1) is 0 Å². The zero-order valence-electron chi connectivity index (χ0n) is 20.5. The number of rotatable bonds is 19. The molecule has 0 aliphatic carbocycles. The van der Waals surface area contributed by atoms with E-state index in [1.165, 1.54) is 82.7 Å². The van der Waals surface area contributed by atoms with Crippen LogP contribution in [0.4, 0.5) is 5.69 Å².